The van der Waals surface area contributed by atoms with Gasteiger partial charge in [-0.2, -0.15) is 0 Å². The third-order valence-corrected chi connectivity index (χ3v) is 14.8. The van der Waals surface area contributed by atoms with Gasteiger partial charge in [0.2, 0.25) is 0 Å². The van der Waals surface area contributed by atoms with E-state index < -0.39 is 0 Å². The monoisotopic (exact) mass is 888 g/mol. The quantitative estimate of drug-likeness (QED) is 0.133. The summed E-state index contributed by atoms with van der Waals surface area (Å²) in [4.78, 5) is 5.12. The van der Waals surface area contributed by atoms with Crippen molar-refractivity contribution in [1.82, 2.24) is 0 Å². The van der Waals surface area contributed by atoms with Crippen LogP contribution in [0.4, 0.5) is 34.1 Å². The largest absolute Gasteiger partial charge is 0.309 e. The van der Waals surface area contributed by atoms with Crippen molar-refractivity contribution in [3.8, 4) is 11.1 Å². The first-order valence-electron chi connectivity index (χ1n) is 24.8. The van der Waals surface area contributed by atoms with E-state index in [-0.39, 0.29) is 5.92 Å². The van der Waals surface area contributed by atoms with E-state index in [1.54, 1.807) is 0 Å². The average Bonchev–Trinajstić information content (AvgIpc) is 3.39. The molecule has 0 N–H and O–H groups in total. The van der Waals surface area contributed by atoms with Crippen LogP contribution in [0.3, 0.4) is 0 Å². The highest BCUT2D eigenvalue weighted by molar-refractivity contribution is 6.27. The van der Waals surface area contributed by atoms with Crippen LogP contribution in [0.1, 0.15) is 81.0 Å². The maximum Gasteiger partial charge on any atom is 0.0619 e. The van der Waals surface area contributed by atoms with Crippen LogP contribution < -0.4 is 9.80 Å². The lowest BCUT2D eigenvalue weighted by Crippen LogP contribution is -2.17. The van der Waals surface area contributed by atoms with Gasteiger partial charge in [0.1, 0.15) is 0 Å². The topological polar surface area (TPSA) is 6.48 Å². The molecule has 334 valence electrons. The summed E-state index contributed by atoms with van der Waals surface area (Å²) in [6, 6.07) is 77.3. The Bertz CT molecular complexity index is 3710. The Morgan fingerprint density at radius 1 is 0.377 bits per heavy atom. The Morgan fingerprint density at radius 2 is 0.754 bits per heavy atom. The number of hydrogen-bond donors (Lipinski definition) is 0. The molecule has 0 aliphatic heterocycles. The molecule has 0 saturated heterocycles. The standard InChI is InChI=1S/C67H56N2/c1-43(2)46-35-39-50(40-36-46)68(61-33-17-22-48-20-6-8-24-52(48)61)66-57-29-13-10-26-54(57)64(55-27-11-14-30-58(55)66)65-56-28-12-15-31-59(56)67(63-45(5)19-16-32-60(63)65)69(51-41-37-47(38-42-51)44(3)4)62-34-18-23-49-21-7-9-25-53(49)62/h6-18,20-45H,19H2,1-5H3. The molecule has 0 spiro atoms. The number of anilines is 6. The molecule has 0 aromatic heterocycles. The zero-order valence-electron chi connectivity index (χ0n) is 40.1. The zero-order valence-corrected chi connectivity index (χ0v) is 40.1. The van der Waals surface area contributed by atoms with Gasteiger partial charge >= 0.3 is 0 Å². The molecule has 2 nitrogen and oxygen atoms in total. The molecule has 1 unspecified atom stereocenters. The summed E-state index contributed by atoms with van der Waals surface area (Å²) in [5.41, 5.74) is 15.0. The first kappa shape index (κ1) is 42.4. The van der Waals surface area contributed by atoms with Crippen LogP contribution in [0.25, 0.3) is 71.1 Å². The van der Waals surface area contributed by atoms with Gasteiger partial charge in [-0.3, -0.25) is 0 Å². The van der Waals surface area contributed by atoms with E-state index in [0.717, 1.165) is 23.5 Å². The fourth-order valence-electron chi connectivity index (χ4n) is 11.4. The first-order chi connectivity index (χ1) is 33.9. The van der Waals surface area contributed by atoms with Crippen LogP contribution in [0.2, 0.25) is 0 Å². The van der Waals surface area contributed by atoms with E-state index in [0.29, 0.717) is 11.8 Å². The summed E-state index contributed by atoms with van der Waals surface area (Å²) < 4.78 is 0. The maximum absolute atomic E-state index is 2.58. The van der Waals surface area contributed by atoms with E-state index in [4.69, 9.17) is 0 Å². The Hall–Kier alpha value is -7.94. The summed E-state index contributed by atoms with van der Waals surface area (Å²) >= 11 is 0. The number of hydrogen-bond acceptors (Lipinski definition) is 2. The Balaban J connectivity index is 1.20. The summed E-state index contributed by atoms with van der Waals surface area (Å²) in [6.45, 7) is 11.5. The van der Waals surface area contributed by atoms with Gasteiger partial charge in [-0.15, -0.1) is 0 Å². The van der Waals surface area contributed by atoms with Crippen molar-refractivity contribution >= 4 is 94.1 Å². The smallest absolute Gasteiger partial charge is 0.0619 e. The van der Waals surface area contributed by atoms with Crippen molar-refractivity contribution in [3.05, 3.63) is 235 Å². The molecule has 0 radical (unpaired) electrons. The molecule has 1 atom stereocenters. The second-order valence-corrected chi connectivity index (χ2v) is 19.6. The van der Waals surface area contributed by atoms with E-state index in [1.165, 1.54) is 104 Å². The molecule has 0 bridgehead atoms. The van der Waals surface area contributed by atoms with Gasteiger partial charge in [-0.25, -0.2) is 0 Å². The predicted molar refractivity (Wildman–Crippen MR) is 299 cm³/mol. The normalized spacial score (nSPS) is 13.6. The third-order valence-electron chi connectivity index (χ3n) is 14.8. The fraction of sp³-hybridized carbons (Fsp3) is 0.134. The highest BCUT2D eigenvalue weighted by Gasteiger charge is 2.32. The molecule has 0 saturated carbocycles. The maximum atomic E-state index is 2.58. The average molecular weight is 889 g/mol. The molecular formula is C67H56N2. The van der Waals surface area contributed by atoms with Gasteiger partial charge in [0.25, 0.3) is 0 Å². The minimum Gasteiger partial charge on any atom is -0.309 e. The number of fused-ring (bicyclic) bond motifs is 6. The highest BCUT2D eigenvalue weighted by Crippen LogP contribution is 2.56. The van der Waals surface area contributed by atoms with Crippen molar-refractivity contribution in [2.45, 2.75) is 58.8 Å². The molecule has 69 heavy (non-hydrogen) atoms. The fourth-order valence-corrected chi connectivity index (χ4v) is 11.4. The predicted octanol–water partition coefficient (Wildman–Crippen LogP) is 19.8. The van der Waals surface area contributed by atoms with Gasteiger partial charge in [-0.05, 0) is 121 Å². The second-order valence-electron chi connectivity index (χ2n) is 19.6. The van der Waals surface area contributed by atoms with Crippen LogP contribution in [-0.4, -0.2) is 0 Å². The minimum absolute atomic E-state index is 0.253. The SMILES string of the molecule is CC(C)c1ccc(N(c2cccc3ccccc23)c2c3c(c(-c4c5ccccc5c(N(c5ccc(C(C)C)cc5)c5cccc6ccccc56)c5ccccc45)c4ccccc24)C=CCC3C)cc1. The Kier molecular flexibility index (Phi) is 10.6. The lowest BCUT2D eigenvalue weighted by Gasteiger charge is -2.35. The number of rotatable bonds is 9. The highest BCUT2D eigenvalue weighted by atomic mass is 15.2. The summed E-state index contributed by atoms with van der Waals surface area (Å²) in [5, 5.41) is 12.3. The van der Waals surface area contributed by atoms with Crippen molar-refractivity contribution < 1.29 is 0 Å². The van der Waals surface area contributed by atoms with Gasteiger partial charge in [0.15, 0.2) is 0 Å². The van der Waals surface area contributed by atoms with Crippen LogP contribution in [0.15, 0.2) is 212 Å². The molecule has 0 heterocycles. The first-order valence-corrected chi connectivity index (χ1v) is 24.8. The summed E-state index contributed by atoms with van der Waals surface area (Å²) in [7, 11) is 0. The van der Waals surface area contributed by atoms with Gasteiger partial charge in [0, 0.05) is 38.3 Å². The van der Waals surface area contributed by atoms with E-state index in [9.17, 15) is 0 Å². The van der Waals surface area contributed by atoms with Gasteiger partial charge in [-0.1, -0.05) is 217 Å². The van der Waals surface area contributed by atoms with Crippen LogP contribution in [0.5, 0.6) is 0 Å². The molecule has 12 rings (SSSR count). The lowest BCUT2D eigenvalue weighted by molar-refractivity contribution is 0.773. The minimum atomic E-state index is 0.253. The molecule has 1 aliphatic rings. The molecule has 0 fully saturated rings. The van der Waals surface area contributed by atoms with Crippen LogP contribution in [-0.2, 0) is 0 Å². The molecule has 2 heteroatoms. The van der Waals surface area contributed by atoms with E-state index in [1.807, 2.05) is 0 Å². The van der Waals surface area contributed by atoms with Gasteiger partial charge < -0.3 is 9.80 Å². The summed E-state index contributed by atoms with van der Waals surface area (Å²) in [5.74, 6) is 1.12. The van der Waals surface area contributed by atoms with E-state index in [2.05, 4.69) is 263 Å². The van der Waals surface area contributed by atoms with Crippen molar-refractivity contribution in [3.63, 3.8) is 0 Å². The summed E-state index contributed by atoms with van der Waals surface area (Å²) in [6.07, 6.45) is 5.82. The van der Waals surface area contributed by atoms with Crippen molar-refractivity contribution in [2.75, 3.05) is 9.80 Å². The zero-order chi connectivity index (χ0) is 46.8. The van der Waals surface area contributed by atoms with Gasteiger partial charge in [0.05, 0.1) is 22.7 Å². The number of nitrogens with zero attached hydrogens (tertiary/aromatic N) is 2. The molecule has 11 aromatic rings. The second kappa shape index (κ2) is 17.3. The van der Waals surface area contributed by atoms with Crippen LogP contribution in [0, 0.1) is 0 Å². The lowest BCUT2D eigenvalue weighted by atomic mass is 9.77. The third kappa shape index (κ3) is 7.08. The number of benzene rings is 11. The van der Waals surface area contributed by atoms with Crippen molar-refractivity contribution in [1.29, 1.82) is 0 Å². The van der Waals surface area contributed by atoms with Crippen LogP contribution >= 0.6 is 0 Å². The Morgan fingerprint density at radius 3 is 1.22 bits per heavy atom. The van der Waals surface area contributed by atoms with E-state index >= 15 is 0 Å². The molecule has 11 aromatic carbocycles. The Labute approximate surface area is 406 Å². The number of allylic oxidation sites excluding steroid dienone is 1. The molecule has 0 amide bonds. The molecule has 1 aliphatic carbocycles. The molecular weight excluding hydrogens is 833 g/mol. The van der Waals surface area contributed by atoms with Crippen molar-refractivity contribution in [2.24, 2.45) is 0 Å².